The van der Waals surface area contributed by atoms with Gasteiger partial charge in [-0.25, -0.2) is 4.79 Å². The second kappa shape index (κ2) is 5.85. The van der Waals surface area contributed by atoms with Crippen LogP contribution < -0.4 is 0 Å². The molecule has 3 rings (SSSR count). The zero-order valence-electron chi connectivity index (χ0n) is 14.9. The summed E-state index contributed by atoms with van der Waals surface area (Å²) in [5, 5.41) is 0. The number of esters is 1. The maximum Gasteiger partial charge on any atom is 0.333 e. The van der Waals surface area contributed by atoms with Crippen LogP contribution in [-0.2, 0) is 22.4 Å². The smallest absolute Gasteiger partial charge is 0.333 e. The molecular formula is C20H28O3. The van der Waals surface area contributed by atoms with Gasteiger partial charge in [-0.1, -0.05) is 19.9 Å². The Balaban J connectivity index is 1.79. The fourth-order valence-electron chi connectivity index (χ4n) is 4.38. The summed E-state index contributed by atoms with van der Waals surface area (Å²) in [6, 6.07) is 0. The van der Waals surface area contributed by atoms with Gasteiger partial charge in [0.1, 0.15) is 11.9 Å². The lowest BCUT2D eigenvalue weighted by molar-refractivity contribution is -0.151. The van der Waals surface area contributed by atoms with Crippen molar-refractivity contribution < 1.29 is 13.9 Å². The maximum absolute atomic E-state index is 12.1. The van der Waals surface area contributed by atoms with Crippen LogP contribution in [0.15, 0.2) is 22.3 Å². The third-order valence-electron chi connectivity index (χ3n) is 6.43. The molecule has 3 nitrogen and oxygen atoms in total. The molecule has 0 spiro atoms. The second-order valence-electron chi connectivity index (χ2n) is 7.78. The minimum atomic E-state index is -0.168. The molecule has 0 aromatic carbocycles. The molecule has 1 saturated carbocycles. The van der Waals surface area contributed by atoms with Crippen molar-refractivity contribution in [2.45, 2.75) is 66.4 Å². The molecule has 0 aliphatic heterocycles. The highest BCUT2D eigenvalue weighted by molar-refractivity contribution is 5.87. The van der Waals surface area contributed by atoms with E-state index < -0.39 is 0 Å². The van der Waals surface area contributed by atoms with E-state index in [1.807, 2.05) is 26.2 Å². The van der Waals surface area contributed by atoms with Crippen LogP contribution in [0.4, 0.5) is 0 Å². The first-order valence-corrected chi connectivity index (χ1v) is 8.75. The van der Waals surface area contributed by atoms with Crippen LogP contribution in [0.5, 0.6) is 0 Å². The SMILES string of the molecule is C/C=C(/C)C(=O)O[C@H]1C[C@@H]2Cc3occ(C)c3C[C@]2(C)[C@@H](C)C1. The Morgan fingerprint density at radius 1 is 1.43 bits per heavy atom. The lowest BCUT2D eigenvalue weighted by Crippen LogP contribution is -2.48. The van der Waals surface area contributed by atoms with Crippen molar-refractivity contribution >= 4 is 5.97 Å². The van der Waals surface area contributed by atoms with E-state index in [2.05, 4.69) is 20.8 Å². The highest BCUT2D eigenvalue weighted by Crippen LogP contribution is 2.53. The first-order valence-electron chi connectivity index (χ1n) is 8.75. The standard InChI is InChI=1S/C20H28O3/c1-6-12(2)19(21)23-16-7-14(4)20(5)10-17-13(3)11-22-18(17)9-15(20)8-16/h6,11,14-16H,7-10H2,1-5H3/b12-6-/t14-,15+,16+,20+/m0/s1. The van der Waals surface area contributed by atoms with Gasteiger partial charge in [-0.2, -0.15) is 0 Å². The highest BCUT2D eigenvalue weighted by Gasteiger charge is 2.49. The van der Waals surface area contributed by atoms with E-state index in [1.165, 1.54) is 11.1 Å². The molecule has 23 heavy (non-hydrogen) atoms. The molecule has 126 valence electrons. The van der Waals surface area contributed by atoms with Gasteiger partial charge < -0.3 is 9.15 Å². The van der Waals surface area contributed by atoms with Gasteiger partial charge in [0.05, 0.1) is 6.26 Å². The molecule has 1 aromatic rings. The van der Waals surface area contributed by atoms with Gasteiger partial charge in [0.25, 0.3) is 0 Å². The van der Waals surface area contributed by atoms with Crippen molar-refractivity contribution in [2.75, 3.05) is 0 Å². The fourth-order valence-corrected chi connectivity index (χ4v) is 4.38. The molecule has 2 aliphatic rings. The first kappa shape index (κ1) is 16.4. The molecule has 0 amide bonds. The van der Waals surface area contributed by atoms with Gasteiger partial charge in [0.15, 0.2) is 0 Å². The molecule has 1 heterocycles. The molecule has 0 unspecified atom stereocenters. The molecule has 4 atom stereocenters. The first-order chi connectivity index (χ1) is 10.8. The van der Waals surface area contributed by atoms with Crippen LogP contribution in [0.1, 0.15) is 57.4 Å². The average Bonchev–Trinajstić information content (AvgIpc) is 2.86. The number of carbonyl (C=O) groups excluding carboxylic acids is 1. The third-order valence-corrected chi connectivity index (χ3v) is 6.43. The summed E-state index contributed by atoms with van der Waals surface area (Å²) in [6.45, 7) is 10.6. The lowest BCUT2D eigenvalue weighted by atomic mass is 9.55. The van der Waals surface area contributed by atoms with Crippen molar-refractivity contribution in [3.8, 4) is 0 Å². The van der Waals surface area contributed by atoms with Gasteiger partial charge in [0, 0.05) is 12.0 Å². The molecule has 2 aliphatic carbocycles. The summed E-state index contributed by atoms with van der Waals surface area (Å²) in [7, 11) is 0. The predicted octanol–water partition coefficient (Wildman–Crippen LogP) is 4.62. The van der Waals surface area contributed by atoms with Crippen LogP contribution in [0.2, 0.25) is 0 Å². The van der Waals surface area contributed by atoms with Gasteiger partial charge in [-0.3, -0.25) is 0 Å². The molecule has 0 bridgehead atoms. The minimum Gasteiger partial charge on any atom is -0.469 e. The topological polar surface area (TPSA) is 39.4 Å². The number of aryl methyl sites for hydroxylation is 1. The highest BCUT2D eigenvalue weighted by atomic mass is 16.5. The molecule has 1 aromatic heterocycles. The van der Waals surface area contributed by atoms with Crippen LogP contribution >= 0.6 is 0 Å². The van der Waals surface area contributed by atoms with Crippen LogP contribution in [-0.4, -0.2) is 12.1 Å². The summed E-state index contributed by atoms with van der Waals surface area (Å²) in [4.78, 5) is 12.1. The minimum absolute atomic E-state index is 0.0306. The van der Waals surface area contributed by atoms with E-state index in [0.29, 0.717) is 17.4 Å². The monoisotopic (exact) mass is 316 g/mol. The van der Waals surface area contributed by atoms with Crippen molar-refractivity contribution in [3.05, 3.63) is 34.8 Å². The Bertz CT molecular complexity index is 639. The number of ether oxygens (including phenoxy) is 1. The molecule has 0 saturated heterocycles. The average molecular weight is 316 g/mol. The number of hydrogen-bond donors (Lipinski definition) is 0. The van der Waals surface area contributed by atoms with Gasteiger partial charge >= 0.3 is 5.97 Å². The number of furan rings is 1. The molecule has 0 radical (unpaired) electrons. The number of rotatable bonds is 2. The molecule has 1 fully saturated rings. The zero-order chi connectivity index (χ0) is 16.8. The zero-order valence-corrected chi connectivity index (χ0v) is 14.9. The van der Waals surface area contributed by atoms with E-state index in [9.17, 15) is 4.79 Å². The summed E-state index contributed by atoms with van der Waals surface area (Å²) in [6.07, 6.45) is 7.71. The Kier molecular flexibility index (Phi) is 4.16. The molecule has 0 N–H and O–H groups in total. The van der Waals surface area contributed by atoms with Crippen molar-refractivity contribution in [2.24, 2.45) is 17.3 Å². The third kappa shape index (κ3) is 2.75. The van der Waals surface area contributed by atoms with Crippen molar-refractivity contribution in [1.82, 2.24) is 0 Å². The fraction of sp³-hybridized carbons (Fsp3) is 0.650. The number of allylic oxidation sites excluding steroid dienone is 1. The van der Waals surface area contributed by atoms with E-state index in [-0.39, 0.29) is 17.5 Å². The second-order valence-corrected chi connectivity index (χ2v) is 7.78. The van der Waals surface area contributed by atoms with Gasteiger partial charge in [-0.15, -0.1) is 0 Å². The normalized spacial score (nSPS) is 33.8. The Morgan fingerprint density at radius 2 is 2.17 bits per heavy atom. The predicted molar refractivity (Wildman–Crippen MR) is 90.2 cm³/mol. The van der Waals surface area contributed by atoms with Crippen molar-refractivity contribution in [1.29, 1.82) is 0 Å². The van der Waals surface area contributed by atoms with Gasteiger partial charge in [0.2, 0.25) is 0 Å². The summed E-state index contributed by atoms with van der Waals surface area (Å²) < 4.78 is 11.5. The van der Waals surface area contributed by atoms with Crippen LogP contribution in [0.3, 0.4) is 0 Å². The maximum atomic E-state index is 12.1. The van der Waals surface area contributed by atoms with E-state index >= 15 is 0 Å². The van der Waals surface area contributed by atoms with Crippen molar-refractivity contribution in [3.63, 3.8) is 0 Å². The number of fused-ring (bicyclic) bond motifs is 2. The summed E-state index contributed by atoms with van der Waals surface area (Å²) >= 11 is 0. The number of hydrogen-bond acceptors (Lipinski definition) is 3. The van der Waals surface area contributed by atoms with Crippen LogP contribution in [0, 0.1) is 24.2 Å². The lowest BCUT2D eigenvalue weighted by Gasteiger charge is -2.51. The quantitative estimate of drug-likeness (QED) is 0.590. The Hall–Kier alpha value is -1.51. The summed E-state index contributed by atoms with van der Waals surface area (Å²) in [5.41, 5.74) is 3.67. The van der Waals surface area contributed by atoms with Crippen LogP contribution in [0.25, 0.3) is 0 Å². The Labute approximate surface area is 139 Å². The van der Waals surface area contributed by atoms with Gasteiger partial charge in [-0.05, 0) is 68.4 Å². The molecular weight excluding hydrogens is 288 g/mol. The number of carbonyl (C=O) groups is 1. The largest absolute Gasteiger partial charge is 0.469 e. The van der Waals surface area contributed by atoms with E-state index in [0.717, 1.165) is 31.4 Å². The Morgan fingerprint density at radius 3 is 2.87 bits per heavy atom. The molecule has 3 heteroatoms. The van der Waals surface area contributed by atoms with E-state index in [1.54, 1.807) is 0 Å². The summed E-state index contributed by atoms with van der Waals surface area (Å²) in [5.74, 6) is 2.04. The van der Waals surface area contributed by atoms with E-state index in [4.69, 9.17) is 9.15 Å².